The molecule has 2 aromatic rings. The lowest BCUT2D eigenvalue weighted by Crippen LogP contribution is -2.03. The second-order valence-electron chi connectivity index (χ2n) is 4.12. The first-order valence-electron chi connectivity index (χ1n) is 6.03. The number of carbonyl (C=O) groups is 1. The van der Waals surface area contributed by atoms with Gasteiger partial charge in [-0.2, -0.15) is 0 Å². The van der Waals surface area contributed by atoms with Gasteiger partial charge in [0.1, 0.15) is 11.5 Å². The van der Waals surface area contributed by atoms with Gasteiger partial charge in [-0.05, 0) is 48.0 Å². The van der Waals surface area contributed by atoms with Crippen LogP contribution < -0.4 is 10.5 Å². The number of hydrogen-bond donors (Lipinski definition) is 2. The standard InChI is InChI=1S/C16H14N2O2/c17-13(11-19)10-16(18)12-6-8-15(9-7-12)20-14-4-2-1-3-5-14/h1-11,18H,17H2/b13-10-,18-16?. The van der Waals surface area contributed by atoms with Crippen molar-refractivity contribution >= 4 is 12.0 Å². The van der Waals surface area contributed by atoms with Crippen molar-refractivity contribution < 1.29 is 9.53 Å². The molecule has 100 valence electrons. The predicted molar refractivity (Wildman–Crippen MR) is 78.1 cm³/mol. The molecule has 0 saturated carbocycles. The van der Waals surface area contributed by atoms with Crippen LogP contribution in [-0.4, -0.2) is 12.0 Å². The summed E-state index contributed by atoms with van der Waals surface area (Å²) in [6.07, 6.45) is 1.83. The zero-order chi connectivity index (χ0) is 14.4. The average molecular weight is 266 g/mol. The highest BCUT2D eigenvalue weighted by Crippen LogP contribution is 2.21. The molecule has 0 heterocycles. The van der Waals surface area contributed by atoms with Crippen molar-refractivity contribution in [1.82, 2.24) is 0 Å². The molecule has 4 nitrogen and oxygen atoms in total. The summed E-state index contributed by atoms with van der Waals surface area (Å²) in [5, 5.41) is 7.80. The number of hydrogen-bond acceptors (Lipinski definition) is 4. The van der Waals surface area contributed by atoms with Gasteiger partial charge in [0.25, 0.3) is 0 Å². The minimum absolute atomic E-state index is 0.0274. The summed E-state index contributed by atoms with van der Waals surface area (Å²) in [4.78, 5) is 10.4. The van der Waals surface area contributed by atoms with Crippen LogP contribution in [0.1, 0.15) is 5.56 Å². The van der Waals surface area contributed by atoms with E-state index in [1.54, 1.807) is 24.3 Å². The molecule has 0 spiro atoms. The lowest BCUT2D eigenvalue weighted by Gasteiger charge is -2.06. The SMILES string of the molecule is N=C(/C=C(\N)C=O)c1ccc(Oc2ccccc2)cc1. The number of nitrogens with two attached hydrogens (primary N) is 1. The van der Waals surface area contributed by atoms with Crippen molar-refractivity contribution in [1.29, 1.82) is 5.41 Å². The second kappa shape index (κ2) is 6.33. The van der Waals surface area contributed by atoms with Crippen LogP contribution in [0.15, 0.2) is 66.4 Å². The molecule has 0 unspecified atom stereocenters. The number of para-hydroxylation sites is 1. The smallest absolute Gasteiger partial charge is 0.165 e. The summed E-state index contributed by atoms with van der Waals surface area (Å²) in [6.45, 7) is 0. The third kappa shape index (κ3) is 3.55. The second-order valence-corrected chi connectivity index (χ2v) is 4.12. The average Bonchev–Trinajstić information content (AvgIpc) is 2.49. The van der Waals surface area contributed by atoms with Crippen LogP contribution in [0.25, 0.3) is 0 Å². The van der Waals surface area contributed by atoms with Gasteiger partial charge < -0.3 is 15.9 Å². The molecular formula is C16H14N2O2. The third-order valence-electron chi connectivity index (χ3n) is 2.59. The fraction of sp³-hybridized carbons (Fsp3) is 0. The van der Waals surface area contributed by atoms with Gasteiger partial charge in [-0.1, -0.05) is 18.2 Å². The highest BCUT2D eigenvalue weighted by Gasteiger charge is 2.01. The molecule has 3 N–H and O–H groups in total. The Balaban J connectivity index is 2.10. The summed E-state index contributed by atoms with van der Waals surface area (Å²) in [5.74, 6) is 1.43. The van der Waals surface area contributed by atoms with Crippen LogP contribution in [0.4, 0.5) is 0 Å². The molecule has 2 aromatic carbocycles. The van der Waals surface area contributed by atoms with Gasteiger partial charge in [-0.25, -0.2) is 0 Å². The predicted octanol–water partition coefficient (Wildman–Crippen LogP) is 2.89. The Morgan fingerprint density at radius 3 is 2.20 bits per heavy atom. The van der Waals surface area contributed by atoms with Gasteiger partial charge in [0.2, 0.25) is 0 Å². The van der Waals surface area contributed by atoms with E-state index in [0.29, 0.717) is 17.6 Å². The van der Waals surface area contributed by atoms with Crippen molar-refractivity contribution in [2.24, 2.45) is 5.73 Å². The first kappa shape index (κ1) is 13.5. The number of carbonyl (C=O) groups excluding carboxylic acids is 1. The molecule has 4 heteroatoms. The van der Waals surface area contributed by atoms with Crippen LogP contribution in [0, 0.1) is 5.41 Å². The first-order chi connectivity index (χ1) is 9.69. The molecule has 2 rings (SSSR count). The van der Waals surface area contributed by atoms with Gasteiger partial charge in [-0.15, -0.1) is 0 Å². The van der Waals surface area contributed by atoms with E-state index in [1.807, 2.05) is 30.3 Å². The van der Waals surface area contributed by atoms with Crippen molar-refractivity contribution in [3.05, 3.63) is 71.9 Å². The van der Waals surface area contributed by atoms with Crippen molar-refractivity contribution in [3.63, 3.8) is 0 Å². The van der Waals surface area contributed by atoms with E-state index in [1.165, 1.54) is 6.08 Å². The Bertz CT molecular complexity index is 631. The van der Waals surface area contributed by atoms with Gasteiger partial charge >= 0.3 is 0 Å². The number of aldehydes is 1. The van der Waals surface area contributed by atoms with Crippen molar-refractivity contribution in [2.45, 2.75) is 0 Å². The number of ether oxygens (including phenoxy) is 1. The van der Waals surface area contributed by atoms with E-state index in [4.69, 9.17) is 15.9 Å². The van der Waals surface area contributed by atoms with E-state index >= 15 is 0 Å². The molecule has 0 saturated heterocycles. The van der Waals surface area contributed by atoms with Crippen LogP contribution in [0.5, 0.6) is 11.5 Å². The van der Waals surface area contributed by atoms with Gasteiger partial charge in [-0.3, -0.25) is 4.79 Å². The van der Waals surface area contributed by atoms with Gasteiger partial charge in [0.15, 0.2) is 6.29 Å². The fourth-order valence-electron chi connectivity index (χ4n) is 1.61. The zero-order valence-electron chi connectivity index (χ0n) is 10.7. The van der Waals surface area contributed by atoms with Crippen LogP contribution in [0.3, 0.4) is 0 Å². The molecule has 0 aliphatic rings. The largest absolute Gasteiger partial charge is 0.457 e. The third-order valence-corrected chi connectivity index (χ3v) is 2.59. The van der Waals surface area contributed by atoms with E-state index in [-0.39, 0.29) is 11.4 Å². The molecule has 0 aromatic heterocycles. The minimum atomic E-state index is 0.0274. The molecule has 0 aliphatic heterocycles. The summed E-state index contributed by atoms with van der Waals surface area (Å²) < 4.78 is 5.65. The van der Waals surface area contributed by atoms with Crippen LogP contribution in [-0.2, 0) is 4.79 Å². The number of benzene rings is 2. The molecular weight excluding hydrogens is 252 g/mol. The summed E-state index contributed by atoms with van der Waals surface area (Å²) in [7, 11) is 0. The van der Waals surface area contributed by atoms with Crippen LogP contribution >= 0.6 is 0 Å². The molecule has 0 atom stereocenters. The van der Waals surface area contributed by atoms with Crippen LogP contribution in [0.2, 0.25) is 0 Å². The van der Waals surface area contributed by atoms with E-state index < -0.39 is 0 Å². The maximum atomic E-state index is 10.4. The maximum absolute atomic E-state index is 10.4. The van der Waals surface area contributed by atoms with Crippen molar-refractivity contribution in [3.8, 4) is 11.5 Å². The normalized spacial score (nSPS) is 10.9. The topological polar surface area (TPSA) is 76.2 Å². The number of nitrogens with one attached hydrogen (secondary N) is 1. The zero-order valence-corrected chi connectivity index (χ0v) is 10.7. The number of allylic oxidation sites excluding steroid dienone is 2. The lowest BCUT2D eigenvalue weighted by atomic mass is 10.1. The molecule has 0 amide bonds. The highest BCUT2D eigenvalue weighted by atomic mass is 16.5. The lowest BCUT2D eigenvalue weighted by molar-refractivity contribution is -0.104. The number of rotatable bonds is 5. The Labute approximate surface area is 117 Å². The molecule has 0 bridgehead atoms. The monoisotopic (exact) mass is 266 g/mol. The molecule has 20 heavy (non-hydrogen) atoms. The molecule has 0 radical (unpaired) electrons. The Hall–Kier alpha value is -2.88. The summed E-state index contributed by atoms with van der Waals surface area (Å²) in [5.41, 5.74) is 6.24. The maximum Gasteiger partial charge on any atom is 0.165 e. The quantitative estimate of drug-likeness (QED) is 0.496. The van der Waals surface area contributed by atoms with E-state index in [2.05, 4.69) is 0 Å². The highest BCUT2D eigenvalue weighted by molar-refractivity contribution is 6.08. The van der Waals surface area contributed by atoms with Crippen molar-refractivity contribution in [2.75, 3.05) is 0 Å². The summed E-state index contributed by atoms with van der Waals surface area (Å²) in [6, 6.07) is 16.5. The minimum Gasteiger partial charge on any atom is -0.457 e. The van der Waals surface area contributed by atoms with E-state index in [0.717, 1.165) is 5.75 Å². The summed E-state index contributed by atoms with van der Waals surface area (Å²) >= 11 is 0. The Morgan fingerprint density at radius 2 is 1.60 bits per heavy atom. The molecule has 0 aliphatic carbocycles. The Kier molecular flexibility index (Phi) is 4.29. The molecule has 0 fully saturated rings. The van der Waals surface area contributed by atoms with Gasteiger partial charge in [0, 0.05) is 0 Å². The first-order valence-corrected chi connectivity index (χ1v) is 6.03. The van der Waals surface area contributed by atoms with E-state index in [9.17, 15) is 4.79 Å². The Morgan fingerprint density at radius 1 is 1.00 bits per heavy atom. The van der Waals surface area contributed by atoms with Gasteiger partial charge in [0.05, 0.1) is 11.4 Å². The fourth-order valence-corrected chi connectivity index (χ4v) is 1.61.